The predicted octanol–water partition coefficient (Wildman–Crippen LogP) is 4.20. The standard InChI is InChI=1S/C22H22N2O5S2/c1-15(21-4-2-13-30-21)23-22(25)16-5-7-17(8-6-16)24-31(26,27)18-9-10-19-20(14-18)29-12-3-11-28-19/h2,4-10,13-15,24H,3,11-12H2,1H3,(H,23,25). The van der Waals surface area contributed by atoms with Gasteiger partial charge in [-0.3, -0.25) is 9.52 Å². The second-order valence-electron chi connectivity index (χ2n) is 7.05. The molecule has 162 valence electrons. The van der Waals surface area contributed by atoms with Gasteiger partial charge >= 0.3 is 0 Å². The Balaban J connectivity index is 1.44. The first-order chi connectivity index (χ1) is 14.9. The molecule has 0 radical (unpaired) electrons. The summed E-state index contributed by atoms with van der Waals surface area (Å²) in [5.74, 6) is 0.717. The second-order valence-corrected chi connectivity index (χ2v) is 9.71. The van der Waals surface area contributed by atoms with Gasteiger partial charge in [-0.15, -0.1) is 11.3 Å². The number of benzene rings is 2. The van der Waals surface area contributed by atoms with Crippen molar-refractivity contribution in [3.63, 3.8) is 0 Å². The number of amides is 1. The third kappa shape index (κ3) is 5.00. The Hall–Kier alpha value is -3.04. The number of anilines is 1. The summed E-state index contributed by atoms with van der Waals surface area (Å²) < 4.78 is 39.2. The van der Waals surface area contributed by atoms with E-state index < -0.39 is 10.0 Å². The molecule has 0 saturated carbocycles. The molecule has 4 rings (SSSR count). The minimum absolute atomic E-state index is 0.0725. The van der Waals surface area contributed by atoms with Crippen LogP contribution in [0.5, 0.6) is 11.5 Å². The maximum absolute atomic E-state index is 12.8. The summed E-state index contributed by atoms with van der Waals surface area (Å²) in [5, 5.41) is 4.89. The van der Waals surface area contributed by atoms with Gasteiger partial charge in [0.25, 0.3) is 15.9 Å². The van der Waals surface area contributed by atoms with Gasteiger partial charge in [-0.2, -0.15) is 0 Å². The average molecular weight is 459 g/mol. The van der Waals surface area contributed by atoms with Crippen LogP contribution in [0.4, 0.5) is 5.69 Å². The molecule has 2 N–H and O–H groups in total. The van der Waals surface area contributed by atoms with Crippen LogP contribution in [0, 0.1) is 0 Å². The van der Waals surface area contributed by atoms with Gasteiger partial charge in [0.05, 0.1) is 24.2 Å². The summed E-state index contributed by atoms with van der Waals surface area (Å²) in [4.78, 5) is 13.6. The molecule has 1 amide bonds. The van der Waals surface area contributed by atoms with Crippen LogP contribution in [0.1, 0.15) is 34.6 Å². The maximum Gasteiger partial charge on any atom is 0.262 e. The zero-order chi connectivity index (χ0) is 21.8. The second kappa shape index (κ2) is 8.99. The molecule has 0 fully saturated rings. The third-order valence-electron chi connectivity index (χ3n) is 4.75. The van der Waals surface area contributed by atoms with Crippen LogP contribution in [-0.4, -0.2) is 27.5 Å². The number of nitrogens with one attached hydrogen (secondary N) is 2. The van der Waals surface area contributed by atoms with Crippen molar-refractivity contribution >= 4 is 33.0 Å². The van der Waals surface area contributed by atoms with Crippen molar-refractivity contribution in [2.24, 2.45) is 0 Å². The first-order valence-corrected chi connectivity index (χ1v) is 12.2. The Kier molecular flexibility index (Phi) is 6.15. The van der Waals surface area contributed by atoms with Gasteiger partial charge in [-0.25, -0.2) is 8.42 Å². The molecule has 9 heteroatoms. The first-order valence-electron chi connectivity index (χ1n) is 9.79. The summed E-state index contributed by atoms with van der Waals surface area (Å²) >= 11 is 1.58. The Morgan fingerprint density at radius 1 is 1.03 bits per heavy atom. The predicted molar refractivity (Wildman–Crippen MR) is 119 cm³/mol. The monoisotopic (exact) mass is 458 g/mol. The highest BCUT2D eigenvalue weighted by Crippen LogP contribution is 2.32. The van der Waals surface area contributed by atoms with Crippen LogP contribution in [0.3, 0.4) is 0 Å². The van der Waals surface area contributed by atoms with E-state index in [1.54, 1.807) is 41.7 Å². The van der Waals surface area contributed by atoms with E-state index in [0.29, 0.717) is 36.0 Å². The summed E-state index contributed by atoms with van der Waals surface area (Å²) in [7, 11) is -3.83. The highest BCUT2D eigenvalue weighted by Gasteiger charge is 2.19. The highest BCUT2D eigenvalue weighted by atomic mass is 32.2. The minimum Gasteiger partial charge on any atom is -0.490 e. The van der Waals surface area contributed by atoms with Crippen molar-refractivity contribution in [2.45, 2.75) is 24.3 Å². The molecule has 3 aromatic rings. The molecule has 2 heterocycles. The molecule has 0 bridgehead atoms. The van der Waals surface area contributed by atoms with Crippen molar-refractivity contribution in [3.8, 4) is 11.5 Å². The number of carbonyl (C=O) groups is 1. The van der Waals surface area contributed by atoms with Gasteiger partial charge in [-0.05, 0) is 54.8 Å². The lowest BCUT2D eigenvalue weighted by atomic mass is 10.2. The molecular formula is C22H22N2O5S2. The molecule has 1 unspecified atom stereocenters. The summed E-state index contributed by atoms with van der Waals surface area (Å²) in [6.45, 7) is 2.92. The van der Waals surface area contributed by atoms with Gasteiger partial charge < -0.3 is 14.8 Å². The number of hydrogen-bond donors (Lipinski definition) is 2. The van der Waals surface area contributed by atoms with Gasteiger partial charge in [0, 0.05) is 28.6 Å². The number of carbonyl (C=O) groups excluding carboxylic acids is 1. The van der Waals surface area contributed by atoms with Crippen LogP contribution in [0.2, 0.25) is 0 Å². The van der Waals surface area contributed by atoms with Crippen LogP contribution >= 0.6 is 11.3 Å². The topological polar surface area (TPSA) is 93.7 Å². The van der Waals surface area contributed by atoms with Crippen LogP contribution in [-0.2, 0) is 10.0 Å². The molecule has 1 aromatic heterocycles. The van der Waals surface area contributed by atoms with E-state index in [1.165, 1.54) is 12.1 Å². The van der Waals surface area contributed by atoms with Crippen LogP contribution < -0.4 is 19.5 Å². The highest BCUT2D eigenvalue weighted by molar-refractivity contribution is 7.92. The molecule has 1 atom stereocenters. The van der Waals surface area contributed by atoms with Crippen LogP contribution in [0.15, 0.2) is 64.9 Å². The fraction of sp³-hybridized carbons (Fsp3) is 0.227. The van der Waals surface area contributed by atoms with E-state index >= 15 is 0 Å². The van der Waals surface area contributed by atoms with E-state index in [2.05, 4.69) is 10.0 Å². The molecule has 0 aliphatic carbocycles. The van der Waals surface area contributed by atoms with Gasteiger partial charge in [0.1, 0.15) is 0 Å². The normalized spacial score (nSPS) is 14.4. The van der Waals surface area contributed by atoms with E-state index in [4.69, 9.17) is 9.47 Å². The molecule has 7 nitrogen and oxygen atoms in total. The third-order valence-corrected chi connectivity index (χ3v) is 7.18. The van der Waals surface area contributed by atoms with Crippen molar-refractivity contribution in [1.82, 2.24) is 5.32 Å². The minimum atomic E-state index is -3.83. The summed E-state index contributed by atoms with van der Waals surface area (Å²) in [6.07, 6.45) is 0.737. The Morgan fingerprint density at radius 2 is 1.77 bits per heavy atom. The number of rotatable bonds is 6. The SMILES string of the molecule is CC(NC(=O)c1ccc(NS(=O)(=O)c2ccc3c(c2)OCCCO3)cc1)c1cccs1. The van der Waals surface area contributed by atoms with Gasteiger partial charge in [0.2, 0.25) is 0 Å². The van der Waals surface area contributed by atoms with E-state index in [0.717, 1.165) is 11.3 Å². The number of thiophene rings is 1. The van der Waals surface area contributed by atoms with Gasteiger partial charge in [0.15, 0.2) is 11.5 Å². The quantitative estimate of drug-likeness (QED) is 0.577. The van der Waals surface area contributed by atoms with Crippen molar-refractivity contribution in [3.05, 3.63) is 70.4 Å². The Bertz CT molecular complexity index is 1160. The number of sulfonamides is 1. The van der Waals surface area contributed by atoms with Crippen molar-refractivity contribution < 1.29 is 22.7 Å². The molecule has 1 aliphatic heterocycles. The molecule has 31 heavy (non-hydrogen) atoms. The lowest BCUT2D eigenvalue weighted by molar-refractivity contribution is 0.0940. The summed E-state index contributed by atoms with van der Waals surface area (Å²) in [6, 6.07) is 14.6. The summed E-state index contributed by atoms with van der Waals surface area (Å²) in [5.41, 5.74) is 0.803. The smallest absolute Gasteiger partial charge is 0.262 e. The van der Waals surface area contributed by atoms with Gasteiger partial charge in [-0.1, -0.05) is 6.07 Å². The van der Waals surface area contributed by atoms with E-state index in [9.17, 15) is 13.2 Å². The molecule has 0 saturated heterocycles. The van der Waals surface area contributed by atoms with Crippen LogP contribution in [0.25, 0.3) is 0 Å². The fourth-order valence-corrected chi connectivity index (χ4v) is 4.91. The van der Waals surface area contributed by atoms with Crippen molar-refractivity contribution in [1.29, 1.82) is 0 Å². The Morgan fingerprint density at radius 3 is 2.48 bits per heavy atom. The Labute approximate surface area is 185 Å². The fourth-order valence-electron chi connectivity index (χ4n) is 3.10. The molecule has 1 aliphatic rings. The lowest BCUT2D eigenvalue weighted by Crippen LogP contribution is -2.26. The lowest BCUT2D eigenvalue weighted by Gasteiger charge is -2.13. The number of fused-ring (bicyclic) bond motifs is 1. The maximum atomic E-state index is 12.8. The zero-order valence-electron chi connectivity index (χ0n) is 16.8. The molecular weight excluding hydrogens is 436 g/mol. The molecule has 0 spiro atoms. The number of ether oxygens (including phenoxy) is 2. The largest absolute Gasteiger partial charge is 0.490 e. The van der Waals surface area contributed by atoms with E-state index in [1.807, 2.05) is 24.4 Å². The molecule has 2 aromatic carbocycles. The average Bonchev–Trinajstić information content (AvgIpc) is 3.19. The number of hydrogen-bond acceptors (Lipinski definition) is 6. The first kappa shape index (κ1) is 21.2. The van der Waals surface area contributed by atoms with E-state index in [-0.39, 0.29) is 16.8 Å². The van der Waals surface area contributed by atoms with Crippen molar-refractivity contribution in [2.75, 3.05) is 17.9 Å². The zero-order valence-corrected chi connectivity index (χ0v) is 18.5.